The summed E-state index contributed by atoms with van der Waals surface area (Å²) in [5.41, 5.74) is 4.12. The highest BCUT2D eigenvalue weighted by molar-refractivity contribution is 5.92. The molecule has 0 aromatic heterocycles. The summed E-state index contributed by atoms with van der Waals surface area (Å²) in [7, 11) is 0. The number of fused-ring (bicyclic) bond motifs is 1. The molecule has 0 spiro atoms. The molecule has 0 saturated heterocycles. The molecule has 2 aromatic carbocycles. The Labute approximate surface area is 161 Å². The van der Waals surface area contributed by atoms with Gasteiger partial charge in [-0.05, 0) is 54.4 Å². The molecule has 3 heteroatoms. The standard InChI is InChI=1S/C24H29FO2/c1-3-5-6-7-17-8-10-18(11-9-17)12-15-21-16-20-14-13-19(4-2)23(25)22(20)24(26)27-21/h8-11,13-14,21H,3-7,12,15-16H2,1-2H3. The fraction of sp³-hybridized carbons (Fsp3) is 0.458. The molecule has 0 fully saturated rings. The van der Waals surface area contributed by atoms with Crippen LogP contribution >= 0.6 is 0 Å². The van der Waals surface area contributed by atoms with Gasteiger partial charge in [-0.15, -0.1) is 0 Å². The fourth-order valence-corrected chi connectivity index (χ4v) is 3.76. The highest BCUT2D eigenvalue weighted by Crippen LogP contribution is 2.27. The zero-order valence-electron chi connectivity index (χ0n) is 16.4. The van der Waals surface area contributed by atoms with Crippen LogP contribution in [0.5, 0.6) is 0 Å². The van der Waals surface area contributed by atoms with E-state index in [1.54, 1.807) is 6.07 Å². The number of hydrogen-bond acceptors (Lipinski definition) is 2. The van der Waals surface area contributed by atoms with E-state index in [0.29, 0.717) is 18.4 Å². The van der Waals surface area contributed by atoms with Crippen molar-refractivity contribution in [2.24, 2.45) is 0 Å². The minimum atomic E-state index is -0.514. The predicted octanol–water partition coefficient (Wildman–Crippen LogP) is 5.84. The van der Waals surface area contributed by atoms with Crippen LogP contribution in [0.2, 0.25) is 0 Å². The first-order valence-corrected chi connectivity index (χ1v) is 10.2. The van der Waals surface area contributed by atoms with Gasteiger partial charge >= 0.3 is 5.97 Å². The topological polar surface area (TPSA) is 26.3 Å². The van der Waals surface area contributed by atoms with Crippen molar-refractivity contribution in [1.29, 1.82) is 0 Å². The molecule has 0 amide bonds. The second kappa shape index (κ2) is 9.16. The van der Waals surface area contributed by atoms with E-state index in [2.05, 4.69) is 31.2 Å². The molecular formula is C24H29FO2. The first-order valence-electron chi connectivity index (χ1n) is 10.2. The maximum atomic E-state index is 14.4. The van der Waals surface area contributed by atoms with Crippen LogP contribution in [0.1, 0.15) is 72.1 Å². The lowest BCUT2D eigenvalue weighted by atomic mass is 9.92. The first-order chi connectivity index (χ1) is 13.1. The Morgan fingerprint density at radius 2 is 1.70 bits per heavy atom. The molecule has 1 heterocycles. The molecule has 2 nitrogen and oxygen atoms in total. The van der Waals surface area contributed by atoms with Gasteiger partial charge in [-0.25, -0.2) is 9.18 Å². The van der Waals surface area contributed by atoms with E-state index in [4.69, 9.17) is 4.74 Å². The van der Waals surface area contributed by atoms with Crippen LogP contribution in [0.15, 0.2) is 36.4 Å². The number of aryl methyl sites for hydroxylation is 3. The molecule has 27 heavy (non-hydrogen) atoms. The number of carbonyl (C=O) groups is 1. The summed E-state index contributed by atoms with van der Waals surface area (Å²) >= 11 is 0. The molecule has 0 N–H and O–H groups in total. The van der Waals surface area contributed by atoms with Gasteiger partial charge in [0.1, 0.15) is 11.9 Å². The average Bonchev–Trinajstić information content (AvgIpc) is 2.67. The Hall–Kier alpha value is -2.16. The molecule has 3 rings (SSSR count). The summed E-state index contributed by atoms with van der Waals surface area (Å²) in [4.78, 5) is 12.3. The zero-order chi connectivity index (χ0) is 19.2. The molecule has 0 saturated carbocycles. The van der Waals surface area contributed by atoms with Gasteiger partial charge in [-0.2, -0.15) is 0 Å². The highest BCUT2D eigenvalue weighted by Gasteiger charge is 2.30. The molecule has 1 aliphatic rings. The monoisotopic (exact) mass is 368 g/mol. The molecule has 0 bridgehead atoms. The van der Waals surface area contributed by atoms with Crippen molar-refractivity contribution < 1.29 is 13.9 Å². The van der Waals surface area contributed by atoms with Crippen molar-refractivity contribution in [1.82, 2.24) is 0 Å². The van der Waals surface area contributed by atoms with E-state index in [0.717, 1.165) is 24.8 Å². The van der Waals surface area contributed by atoms with Crippen molar-refractivity contribution in [3.8, 4) is 0 Å². The summed E-state index contributed by atoms with van der Waals surface area (Å²) in [5, 5.41) is 0. The minimum absolute atomic E-state index is 0.141. The lowest BCUT2D eigenvalue weighted by molar-refractivity contribution is 0.0231. The van der Waals surface area contributed by atoms with Crippen LogP contribution in [-0.2, 0) is 30.4 Å². The van der Waals surface area contributed by atoms with Gasteiger partial charge in [0.25, 0.3) is 0 Å². The van der Waals surface area contributed by atoms with Crippen molar-refractivity contribution in [2.75, 3.05) is 0 Å². The summed E-state index contributed by atoms with van der Waals surface area (Å²) < 4.78 is 20.0. The molecular weight excluding hydrogens is 339 g/mol. The fourth-order valence-electron chi connectivity index (χ4n) is 3.76. The number of halogens is 1. The third-order valence-electron chi connectivity index (χ3n) is 5.46. The summed E-state index contributed by atoms with van der Waals surface area (Å²) in [6.07, 6.45) is 7.50. The largest absolute Gasteiger partial charge is 0.458 e. The van der Waals surface area contributed by atoms with E-state index in [1.807, 2.05) is 13.0 Å². The van der Waals surface area contributed by atoms with Crippen molar-refractivity contribution in [3.05, 3.63) is 70.0 Å². The second-order valence-electron chi connectivity index (χ2n) is 7.47. The van der Waals surface area contributed by atoms with Crippen molar-refractivity contribution in [3.63, 3.8) is 0 Å². The summed E-state index contributed by atoms with van der Waals surface area (Å²) in [5.74, 6) is -0.919. The van der Waals surface area contributed by atoms with Crippen LogP contribution in [0, 0.1) is 5.82 Å². The third-order valence-corrected chi connectivity index (χ3v) is 5.46. The van der Waals surface area contributed by atoms with Gasteiger partial charge in [0, 0.05) is 6.42 Å². The highest BCUT2D eigenvalue weighted by atomic mass is 19.1. The number of carbonyl (C=O) groups excluding carboxylic acids is 1. The van der Waals surface area contributed by atoms with Crippen LogP contribution in [0.25, 0.3) is 0 Å². The Morgan fingerprint density at radius 1 is 1.00 bits per heavy atom. The van der Waals surface area contributed by atoms with Gasteiger partial charge in [0.05, 0.1) is 5.56 Å². The number of unbranched alkanes of at least 4 members (excludes halogenated alkanes) is 2. The lowest BCUT2D eigenvalue weighted by Crippen LogP contribution is -2.29. The number of cyclic esters (lactones) is 1. The molecule has 1 atom stereocenters. The van der Waals surface area contributed by atoms with Gasteiger partial charge < -0.3 is 4.74 Å². The molecule has 0 radical (unpaired) electrons. The van der Waals surface area contributed by atoms with E-state index in [-0.39, 0.29) is 11.7 Å². The quantitative estimate of drug-likeness (QED) is 0.432. The number of ether oxygens (including phenoxy) is 1. The van der Waals surface area contributed by atoms with Gasteiger partial charge in [0.2, 0.25) is 0 Å². The smallest absolute Gasteiger partial charge is 0.341 e. The third kappa shape index (κ3) is 4.77. The summed E-state index contributed by atoms with van der Waals surface area (Å²) in [6.45, 7) is 4.10. The van der Waals surface area contributed by atoms with Crippen LogP contribution < -0.4 is 0 Å². The number of hydrogen-bond donors (Lipinski definition) is 0. The normalized spacial score (nSPS) is 16.1. The number of rotatable bonds is 8. The summed E-state index contributed by atoms with van der Waals surface area (Å²) in [6, 6.07) is 12.4. The molecule has 1 unspecified atom stereocenters. The van der Waals surface area contributed by atoms with Crippen molar-refractivity contribution >= 4 is 5.97 Å². The van der Waals surface area contributed by atoms with E-state index >= 15 is 0 Å². The minimum Gasteiger partial charge on any atom is -0.458 e. The maximum absolute atomic E-state index is 14.4. The van der Waals surface area contributed by atoms with E-state index < -0.39 is 11.8 Å². The lowest BCUT2D eigenvalue weighted by Gasteiger charge is -2.25. The van der Waals surface area contributed by atoms with Crippen LogP contribution in [0.4, 0.5) is 4.39 Å². The van der Waals surface area contributed by atoms with Crippen LogP contribution in [-0.4, -0.2) is 12.1 Å². The van der Waals surface area contributed by atoms with E-state index in [9.17, 15) is 9.18 Å². The van der Waals surface area contributed by atoms with Gasteiger partial charge in [0.15, 0.2) is 0 Å². The Morgan fingerprint density at radius 3 is 2.37 bits per heavy atom. The Kier molecular flexibility index (Phi) is 6.65. The Bertz CT molecular complexity index is 780. The predicted molar refractivity (Wildman–Crippen MR) is 107 cm³/mol. The Balaban J connectivity index is 1.58. The van der Waals surface area contributed by atoms with Crippen molar-refractivity contribution in [2.45, 2.75) is 71.3 Å². The SMILES string of the molecule is CCCCCc1ccc(CCC2Cc3ccc(CC)c(F)c3C(=O)O2)cc1. The van der Waals surface area contributed by atoms with Crippen LogP contribution in [0.3, 0.4) is 0 Å². The molecule has 2 aromatic rings. The molecule has 144 valence electrons. The second-order valence-corrected chi connectivity index (χ2v) is 7.47. The van der Waals surface area contributed by atoms with Gasteiger partial charge in [-0.3, -0.25) is 0 Å². The van der Waals surface area contributed by atoms with Gasteiger partial charge in [-0.1, -0.05) is 63.1 Å². The maximum Gasteiger partial charge on any atom is 0.341 e. The first kappa shape index (κ1) is 19.6. The number of esters is 1. The molecule has 0 aliphatic carbocycles. The number of benzene rings is 2. The van der Waals surface area contributed by atoms with E-state index in [1.165, 1.54) is 30.4 Å². The zero-order valence-corrected chi connectivity index (χ0v) is 16.4. The molecule has 1 aliphatic heterocycles. The average molecular weight is 368 g/mol.